The smallest absolute Gasteiger partial charge is 0.407 e. The molecule has 0 radical (unpaired) electrons. The highest BCUT2D eigenvalue weighted by Crippen LogP contribution is 2.21. The number of nitrogens with one attached hydrogen (secondary N) is 2. The Bertz CT molecular complexity index is 1030. The fourth-order valence-corrected chi connectivity index (χ4v) is 3.26. The summed E-state index contributed by atoms with van der Waals surface area (Å²) in [6.45, 7) is 10.9. The molecule has 0 bridgehead atoms. The Labute approximate surface area is 218 Å². The van der Waals surface area contributed by atoms with E-state index in [-0.39, 0.29) is 11.7 Å². The first-order chi connectivity index (χ1) is 16.8. The number of nitrogens with zero attached hydrogens (tertiary/aromatic N) is 1. The number of halogens is 1. The minimum Gasteiger partial charge on any atom is -0.478 e. The molecule has 0 unspecified atom stereocenters. The van der Waals surface area contributed by atoms with E-state index in [1.807, 2.05) is 32.7 Å². The number of ketones is 1. The van der Waals surface area contributed by atoms with Crippen molar-refractivity contribution in [1.82, 2.24) is 15.5 Å². The summed E-state index contributed by atoms with van der Waals surface area (Å²) in [7, 11) is 1.90. The van der Waals surface area contributed by atoms with E-state index in [2.05, 4.69) is 10.6 Å². The van der Waals surface area contributed by atoms with Gasteiger partial charge in [0.2, 0.25) is 0 Å². The maximum absolute atomic E-state index is 12.7. The lowest BCUT2D eigenvalue weighted by Gasteiger charge is -2.26. The molecule has 2 aromatic rings. The molecule has 0 aliphatic rings. The lowest BCUT2D eigenvalue weighted by molar-refractivity contribution is -0.134. The van der Waals surface area contributed by atoms with Crippen LogP contribution in [0.1, 0.15) is 50.5 Å². The summed E-state index contributed by atoms with van der Waals surface area (Å²) in [5.41, 5.74) is -0.598. The third kappa shape index (κ3) is 9.87. The van der Waals surface area contributed by atoms with Crippen molar-refractivity contribution in [2.45, 2.75) is 45.8 Å². The number of hydrogen-bond donors (Lipinski definition) is 2. The fraction of sp³-hybridized carbons (Fsp3) is 0.444. The van der Waals surface area contributed by atoms with Crippen molar-refractivity contribution >= 4 is 29.4 Å². The highest BCUT2D eigenvalue weighted by atomic mass is 35.5. The van der Waals surface area contributed by atoms with Gasteiger partial charge in [0.1, 0.15) is 11.4 Å². The summed E-state index contributed by atoms with van der Waals surface area (Å²) < 4.78 is 11.1. The van der Waals surface area contributed by atoms with E-state index in [0.29, 0.717) is 48.1 Å². The molecule has 196 valence electrons. The van der Waals surface area contributed by atoms with Crippen LogP contribution in [-0.4, -0.2) is 67.1 Å². The van der Waals surface area contributed by atoms with Crippen molar-refractivity contribution in [3.63, 3.8) is 0 Å². The van der Waals surface area contributed by atoms with Gasteiger partial charge in [0.25, 0.3) is 5.91 Å². The van der Waals surface area contributed by atoms with Gasteiger partial charge in [0, 0.05) is 42.3 Å². The Balaban J connectivity index is 1.77. The molecular formula is C27H36ClN3O5. The zero-order valence-corrected chi connectivity index (χ0v) is 22.6. The monoisotopic (exact) mass is 517 g/mol. The van der Waals surface area contributed by atoms with E-state index < -0.39 is 17.3 Å². The van der Waals surface area contributed by atoms with Crippen molar-refractivity contribution in [2.24, 2.45) is 0 Å². The number of alkyl carbamates (subject to hydrolysis) is 1. The minimum atomic E-state index is -1.11. The van der Waals surface area contributed by atoms with Crippen LogP contribution in [0, 0.1) is 0 Å². The number of hydrogen-bond acceptors (Lipinski definition) is 6. The maximum atomic E-state index is 12.7. The van der Waals surface area contributed by atoms with Crippen molar-refractivity contribution in [2.75, 3.05) is 33.2 Å². The van der Waals surface area contributed by atoms with Crippen LogP contribution in [0.3, 0.4) is 0 Å². The third-order valence-corrected chi connectivity index (χ3v) is 5.34. The van der Waals surface area contributed by atoms with Gasteiger partial charge in [0.05, 0.1) is 0 Å². The summed E-state index contributed by atoms with van der Waals surface area (Å²) in [6, 6.07) is 13.4. The molecule has 0 spiro atoms. The maximum Gasteiger partial charge on any atom is 0.407 e. The van der Waals surface area contributed by atoms with Gasteiger partial charge >= 0.3 is 6.09 Å². The first-order valence-electron chi connectivity index (χ1n) is 11.8. The first-order valence-corrected chi connectivity index (χ1v) is 12.2. The van der Waals surface area contributed by atoms with Crippen molar-refractivity contribution in [3.05, 3.63) is 64.7 Å². The Morgan fingerprint density at radius 2 is 1.33 bits per heavy atom. The Kier molecular flexibility index (Phi) is 10.3. The highest BCUT2D eigenvalue weighted by Gasteiger charge is 2.29. The predicted octanol–water partition coefficient (Wildman–Crippen LogP) is 4.30. The molecule has 2 aromatic carbocycles. The van der Waals surface area contributed by atoms with Crippen molar-refractivity contribution in [3.8, 4) is 5.75 Å². The number of amides is 2. The minimum absolute atomic E-state index is 0.124. The summed E-state index contributed by atoms with van der Waals surface area (Å²) >= 11 is 5.88. The van der Waals surface area contributed by atoms with Crippen LogP contribution < -0.4 is 15.4 Å². The van der Waals surface area contributed by atoms with E-state index in [1.54, 1.807) is 62.4 Å². The average Bonchev–Trinajstić information content (AvgIpc) is 2.78. The zero-order valence-electron chi connectivity index (χ0n) is 21.8. The molecule has 36 heavy (non-hydrogen) atoms. The van der Waals surface area contributed by atoms with Crippen LogP contribution in [0.4, 0.5) is 4.79 Å². The summed E-state index contributed by atoms with van der Waals surface area (Å²) in [5, 5.41) is 6.15. The molecule has 0 atom stereocenters. The number of carbonyl (C=O) groups is 3. The molecular weight excluding hydrogens is 482 g/mol. The standard InChI is InChI=1S/C27H36ClN3O5/c1-26(2,3)36-25(34)30-16-18-31(6)17-15-29-24(33)27(4,5)35-22-13-9-20(10-14-22)23(32)19-7-11-21(28)12-8-19/h7-14H,15-18H2,1-6H3,(H,29,33)(H,30,34). The predicted molar refractivity (Wildman–Crippen MR) is 141 cm³/mol. The van der Waals surface area contributed by atoms with Crippen LogP contribution in [-0.2, 0) is 9.53 Å². The summed E-state index contributed by atoms with van der Waals surface area (Å²) in [5.74, 6) is 0.0953. The Hall–Kier alpha value is -3.10. The molecule has 0 saturated heterocycles. The van der Waals surface area contributed by atoms with Crippen molar-refractivity contribution < 1.29 is 23.9 Å². The van der Waals surface area contributed by atoms with E-state index in [1.165, 1.54) is 0 Å². The zero-order chi connectivity index (χ0) is 26.9. The number of ether oxygens (including phenoxy) is 2. The summed E-state index contributed by atoms with van der Waals surface area (Å²) in [4.78, 5) is 39.0. The molecule has 9 heteroatoms. The van der Waals surface area contributed by atoms with Crippen LogP contribution in [0.25, 0.3) is 0 Å². The van der Waals surface area contributed by atoms with Gasteiger partial charge in [-0.15, -0.1) is 0 Å². The molecule has 8 nitrogen and oxygen atoms in total. The summed E-state index contributed by atoms with van der Waals surface area (Å²) in [6.07, 6.45) is -0.453. The highest BCUT2D eigenvalue weighted by molar-refractivity contribution is 6.30. The second-order valence-electron chi connectivity index (χ2n) is 9.96. The van der Waals surface area contributed by atoms with E-state index in [4.69, 9.17) is 21.1 Å². The van der Waals surface area contributed by atoms with Gasteiger partial charge in [0.15, 0.2) is 11.4 Å². The molecule has 0 saturated carbocycles. The lowest BCUT2D eigenvalue weighted by atomic mass is 10.0. The van der Waals surface area contributed by atoms with Crippen LogP contribution in [0.2, 0.25) is 5.02 Å². The molecule has 0 fully saturated rings. The quantitative estimate of drug-likeness (QED) is 0.431. The molecule has 0 heterocycles. The number of likely N-dealkylation sites (N-methyl/N-ethyl adjacent to an activating group) is 1. The number of rotatable bonds is 11. The van der Waals surface area contributed by atoms with Gasteiger partial charge in [-0.3, -0.25) is 9.59 Å². The number of benzene rings is 2. The van der Waals surface area contributed by atoms with Crippen molar-refractivity contribution in [1.29, 1.82) is 0 Å². The van der Waals surface area contributed by atoms with Gasteiger partial charge in [-0.25, -0.2) is 4.79 Å². The molecule has 0 aliphatic heterocycles. The largest absolute Gasteiger partial charge is 0.478 e. The fourth-order valence-electron chi connectivity index (χ4n) is 3.13. The normalized spacial score (nSPS) is 11.7. The van der Waals surface area contributed by atoms with Gasteiger partial charge in [-0.1, -0.05) is 11.6 Å². The molecule has 2 amide bonds. The van der Waals surface area contributed by atoms with E-state index in [9.17, 15) is 14.4 Å². The Morgan fingerprint density at radius 3 is 1.86 bits per heavy atom. The molecule has 2 N–H and O–H groups in total. The topological polar surface area (TPSA) is 97.0 Å². The van der Waals surface area contributed by atoms with E-state index in [0.717, 1.165) is 0 Å². The second-order valence-corrected chi connectivity index (χ2v) is 10.4. The first kappa shape index (κ1) is 29.1. The van der Waals surface area contributed by atoms with Crippen LogP contribution in [0.15, 0.2) is 48.5 Å². The average molecular weight is 518 g/mol. The van der Waals surface area contributed by atoms with Gasteiger partial charge in [-0.2, -0.15) is 0 Å². The second kappa shape index (κ2) is 12.7. The SMILES string of the molecule is CN(CCNC(=O)OC(C)(C)C)CCNC(=O)C(C)(C)Oc1ccc(C(=O)c2ccc(Cl)cc2)cc1. The Morgan fingerprint density at radius 1 is 0.833 bits per heavy atom. The van der Waals surface area contributed by atoms with Crippen LogP contribution >= 0.6 is 11.6 Å². The molecule has 2 rings (SSSR count). The van der Waals surface area contributed by atoms with E-state index >= 15 is 0 Å². The van der Waals surface area contributed by atoms with Crippen LogP contribution in [0.5, 0.6) is 5.75 Å². The molecule has 0 aromatic heterocycles. The number of carbonyl (C=O) groups excluding carboxylic acids is 3. The molecule has 0 aliphatic carbocycles. The van der Waals surface area contributed by atoms with Gasteiger partial charge in [-0.05, 0) is 90.2 Å². The van der Waals surface area contributed by atoms with Gasteiger partial charge < -0.3 is 25.0 Å². The third-order valence-electron chi connectivity index (χ3n) is 5.08. The lowest BCUT2D eigenvalue weighted by Crippen LogP contribution is -2.48.